The monoisotopic (exact) mass is 287 g/mol. The molecule has 0 radical (unpaired) electrons. The largest absolute Gasteiger partial charge is 0.443 e. The molecule has 0 saturated carbocycles. The van der Waals surface area contributed by atoms with Crippen LogP contribution in [0, 0.1) is 0 Å². The fourth-order valence-corrected chi connectivity index (χ4v) is 2.01. The van der Waals surface area contributed by atoms with E-state index in [1.165, 1.54) is 0 Å². The van der Waals surface area contributed by atoms with Crippen LogP contribution in [0.1, 0.15) is 32.5 Å². The molecule has 1 aliphatic rings. The summed E-state index contributed by atoms with van der Waals surface area (Å²) in [6, 6.07) is 5.08. The van der Waals surface area contributed by atoms with Crippen molar-refractivity contribution in [3.8, 4) is 0 Å². The summed E-state index contributed by atoms with van der Waals surface area (Å²) >= 11 is 0. The zero-order valence-electron chi connectivity index (χ0n) is 12.6. The van der Waals surface area contributed by atoms with Gasteiger partial charge >= 0.3 is 6.09 Å². The van der Waals surface area contributed by atoms with Crippen molar-refractivity contribution in [1.29, 1.82) is 0 Å². The molecule has 2 N–H and O–H groups in total. The Bertz CT molecular complexity index is 559. The molecule has 0 aliphatic carbocycles. The van der Waals surface area contributed by atoms with Crippen molar-refractivity contribution in [1.82, 2.24) is 9.88 Å². The Morgan fingerprint density at radius 1 is 1.43 bits per heavy atom. The standard InChI is InChI=1S/C16H21N3O2/c1-16(2,3)21-15(20)19-11-7-5-9-13(19)14(17)12-8-4-6-10-18-12/h4-10,14H,11,17H2,1-3H3. The van der Waals surface area contributed by atoms with E-state index in [1.54, 1.807) is 11.1 Å². The van der Waals surface area contributed by atoms with Gasteiger partial charge in [-0.1, -0.05) is 18.2 Å². The van der Waals surface area contributed by atoms with Crippen molar-refractivity contribution in [2.24, 2.45) is 5.73 Å². The smallest absolute Gasteiger partial charge is 0.414 e. The van der Waals surface area contributed by atoms with E-state index in [0.717, 1.165) is 0 Å². The maximum absolute atomic E-state index is 12.3. The number of hydrogen-bond acceptors (Lipinski definition) is 4. The summed E-state index contributed by atoms with van der Waals surface area (Å²) < 4.78 is 5.43. The molecular weight excluding hydrogens is 266 g/mol. The van der Waals surface area contributed by atoms with E-state index in [9.17, 15) is 4.79 Å². The minimum atomic E-state index is -0.543. The number of allylic oxidation sites excluding steroid dienone is 2. The Labute approximate surface area is 125 Å². The summed E-state index contributed by atoms with van der Waals surface area (Å²) in [6.07, 6.45) is 6.89. The van der Waals surface area contributed by atoms with E-state index in [4.69, 9.17) is 10.5 Å². The molecule has 0 spiro atoms. The number of carbonyl (C=O) groups is 1. The van der Waals surface area contributed by atoms with E-state index in [1.807, 2.05) is 57.2 Å². The van der Waals surface area contributed by atoms with Gasteiger partial charge in [0, 0.05) is 18.4 Å². The number of ether oxygens (including phenoxy) is 1. The van der Waals surface area contributed by atoms with Gasteiger partial charge in [0.15, 0.2) is 0 Å². The van der Waals surface area contributed by atoms with E-state index in [2.05, 4.69) is 4.98 Å². The molecule has 0 saturated heterocycles. The van der Waals surface area contributed by atoms with Gasteiger partial charge in [0.25, 0.3) is 0 Å². The first-order valence-electron chi connectivity index (χ1n) is 6.92. The fourth-order valence-electron chi connectivity index (χ4n) is 2.01. The van der Waals surface area contributed by atoms with Crippen LogP contribution in [0.2, 0.25) is 0 Å². The van der Waals surface area contributed by atoms with Gasteiger partial charge in [-0.3, -0.25) is 9.88 Å². The normalized spacial score (nSPS) is 16.4. The lowest BCUT2D eigenvalue weighted by Crippen LogP contribution is -2.40. The van der Waals surface area contributed by atoms with Crippen molar-refractivity contribution in [2.75, 3.05) is 6.54 Å². The van der Waals surface area contributed by atoms with Gasteiger partial charge in [0.2, 0.25) is 0 Å². The highest BCUT2D eigenvalue weighted by Gasteiger charge is 2.28. The van der Waals surface area contributed by atoms with Gasteiger partial charge in [-0.15, -0.1) is 0 Å². The van der Waals surface area contributed by atoms with Crippen LogP contribution in [0.5, 0.6) is 0 Å². The average molecular weight is 287 g/mol. The zero-order chi connectivity index (χ0) is 15.5. The van der Waals surface area contributed by atoms with Gasteiger partial charge < -0.3 is 10.5 Å². The quantitative estimate of drug-likeness (QED) is 0.908. The predicted molar refractivity (Wildman–Crippen MR) is 81.3 cm³/mol. The van der Waals surface area contributed by atoms with Crippen LogP contribution in [0.4, 0.5) is 4.79 Å². The topological polar surface area (TPSA) is 68.5 Å². The Hall–Kier alpha value is -2.14. The number of amides is 1. The first-order valence-corrected chi connectivity index (χ1v) is 6.92. The van der Waals surface area contributed by atoms with Crippen molar-refractivity contribution >= 4 is 6.09 Å². The number of aromatic nitrogens is 1. The molecular formula is C16H21N3O2. The summed E-state index contributed by atoms with van der Waals surface area (Å²) in [6.45, 7) is 5.97. The van der Waals surface area contributed by atoms with Crippen molar-refractivity contribution in [3.05, 3.63) is 54.0 Å². The van der Waals surface area contributed by atoms with Gasteiger partial charge in [-0.2, -0.15) is 0 Å². The third kappa shape index (κ3) is 3.92. The van der Waals surface area contributed by atoms with Gasteiger partial charge in [0.05, 0.1) is 11.7 Å². The second-order valence-electron chi connectivity index (χ2n) is 5.84. The number of pyridine rings is 1. The Balaban J connectivity index is 2.21. The molecule has 5 heteroatoms. The number of hydrogen-bond donors (Lipinski definition) is 1. The van der Waals surface area contributed by atoms with E-state index in [0.29, 0.717) is 17.9 Å². The third-order valence-electron chi connectivity index (χ3n) is 2.94. The van der Waals surface area contributed by atoms with Crippen LogP contribution in [0.3, 0.4) is 0 Å². The molecule has 0 aromatic carbocycles. The molecule has 1 unspecified atom stereocenters. The molecule has 1 atom stereocenters. The molecule has 5 nitrogen and oxygen atoms in total. The molecule has 1 aromatic heterocycles. The molecule has 21 heavy (non-hydrogen) atoms. The molecule has 2 rings (SSSR count). The lowest BCUT2D eigenvalue weighted by Gasteiger charge is -2.31. The van der Waals surface area contributed by atoms with Crippen molar-refractivity contribution in [2.45, 2.75) is 32.4 Å². The molecule has 0 bridgehead atoms. The maximum atomic E-state index is 12.3. The Morgan fingerprint density at radius 2 is 2.19 bits per heavy atom. The molecule has 0 fully saturated rings. The average Bonchev–Trinajstić information content (AvgIpc) is 2.45. The van der Waals surface area contributed by atoms with Crippen LogP contribution < -0.4 is 5.73 Å². The van der Waals surface area contributed by atoms with Crippen LogP contribution in [-0.2, 0) is 4.74 Å². The second-order valence-corrected chi connectivity index (χ2v) is 5.84. The van der Waals surface area contributed by atoms with E-state index in [-0.39, 0.29) is 0 Å². The Morgan fingerprint density at radius 3 is 2.81 bits per heavy atom. The van der Waals surface area contributed by atoms with E-state index < -0.39 is 17.7 Å². The molecule has 112 valence electrons. The maximum Gasteiger partial charge on any atom is 0.414 e. The highest BCUT2D eigenvalue weighted by molar-refractivity contribution is 5.71. The lowest BCUT2D eigenvalue weighted by molar-refractivity contribution is 0.0319. The van der Waals surface area contributed by atoms with Crippen LogP contribution in [0.25, 0.3) is 0 Å². The second kappa shape index (κ2) is 6.10. The number of nitrogens with zero attached hydrogens (tertiary/aromatic N) is 2. The van der Waals surface area contributed by atoms with E-state index >= 15 is 0 Å². The highest BCUT2D eigenvalue weighted by atomic mass is 16.6. The summed E-state index contributed by atoms with van der Waals surface area (Å²) in [7, 11) is 0. The Kier molecular flexibility index (Phi) is 4.43. The number of nitrogens with two attached hydrogens (primary N) is 1. The van der Waals surface area contributed by atoms with Crippen molar-refractivity contribution < 1.29 is 9.53 Å². The fraction of sp³-hybridized carbons (Fsp3) is 0.375. The number of carbonyl (C=O) groups excluding carboxylic acids is 1. The minimum Gasteiger partial charge on any atom is -0.443 e. The zero-order valence-corrected chi connectivity index (χ0v) is 12.6. The number of rotatable bonds is 2. The molecule has 1 aliphatic heterocycles. The minimum absolute atomic E-state index is 0.399. The van der Waals surface area contributed by atoms with Gasteiger partial charge in [-0.25, -0.2) is 4.79 Å². The van der Waals surface area contributed by atoms with Crippen LogP contribution in [-0.4, -0.2) is 28.1 Å². The molecule has 1 aromatic rings. The van der Waals surface area contributed by atoms with Crippen molar-refractivity contribution in [3.63, 3.8) is 0 Å². The SMILES string of the molecule is CC(C)(C)OC(=O)N1CC=CC=C1C(N)c1ccccn1. The summed E-state index contributed by atoms with van der Waals surface area (Å²) in [5, 5.41) is 0. The first kappa shape index (κ1) is 15.3. The van der Waals surface area contributed by atoms with Crippen LogP contribution >= 0.6 is 0 Å². The van der Waals surface area contributed by atoms with Gasteiger partial charge in [0.1, 0.15) is 5.60 Å². The first-order chi connectivity index (χ1) is 9.88. The third-order valence-corrected chi connectivity index (χ3v) is 2.94. The molecule has 2 heterocycles. The van der Waals surface area contributed by atoms with Gasteiger partial charge in [-0.05, 0) is 39.0 Å². The van der Waals surface area contributed by atoms with Crippen LogP contribution in [0.15, 0.2) is 48.3 Å². The lowest BCUT2D eigenvalue weighted by atomic mass is 10.1. The summed E-state index contributed by atoms with van der Waals surface area (Å²) in [5.74, 6) is 0. The highest BCUT2D eigenvalue weighted by Crippen LogP contribution is 2.25. The summed E-state index contributed by atoms with van der Waals surface area (Å²) in [4.78, 5) is 18.1. The molecule has 1 amide bonds. The predicted octanol–water partition coefficient (Wildman–Crippen LogP) is 2.77. The summed E-state index contributed by atoms with van der Waals surface area (Å²) in [5.41, 5.74) is 7.11.